The number of nitrogens with zero attached hydrogens (tertiary/aromatic N) is 1. The van der Waals surface area contributed by atoms with Crippen LogP contribution in [0.2, 0.25) is 0 Å². The van der Waals surface area contributed by atoms with Crippen LogP contribution in [0.4, 0.5) is 4.39 Å². The highest BCUT2D eigenvalue weighted by molar-refractivity contribution is 5.97. The first kappa shape index (κ1) is 14.6. The molecular formula is C11H11FN2O5. The molecule has 0 spiro atoms. The molecule has 0 aliphatic heterocycles. The van der Waals surface area contributed by atoms with Crippen molar-refractivity contribution in [2.24, 2.45) is 0 Å². The Morgan fingerprint density at radius 2 is 2.21 bits per heavy atom. The fraction of sp³-hybridized carbons (Fsp3) is 0.273. The van der Waals surface area contributed by atoms with E-state index in [9.17, 15) is 18.8 Å². The number of rotatable bonds is 5. The van der Waals surface area contributed by atoms with Crippen molar-refractivity contribution in [3.8, 4) is 0 Å². The highest BCUT2D eigenvalue weighted by atomic mass is 19.1. The molecular weight excluding hydrogens is 259 g/mol. The van der Waals surface area contributed by atoms with Crippen molar-refractivity contribution in [3.63, 3.8) is 0 Å². The number of carboxylic acids is 1. The number of carbonyl (C=O) groups is 3. The third kappa shape index (κ3) is 4.02. The van der Waals surface area contributed by atoms with E-state index >= 15 is 0 Å². The lowest BCUT2D eigenvalue weighted by atomic mass is 10.1. The van der Waals surface area contributed by atoms with Gasteiger partial charge in [-0.2, -0.15) is 0 Å². The SMILES string of the molecule is COC(=O)C[C@H](NC(=O)c1ccncc1F)C(=O)O. The Morgan fingerprint density at radius 1 is 1.53 bits per heavy atom. The molecule has 0 bridgehead atoms. The number of esters is 1. The highest BCUT2D eigenvalue weighted by Crippen LogP contribution is 2.05. The summed E-state index contributed by atoms with van der Waals surface area (Å²) in [5.74, 6) is -4.06. The zero-order valence-electron chi connectivity index (χ0n) is 9.92. The second kappa shape index (κ2) is 6.43. The highest BCUT2D eigenvalue weighted by Gasteiger charge is 2.25. The third-order valence-corrected chi connectivity index (χ3v) is 2.22. The largest absolute Gasteiger partial charge is 0.480 e. The fourth-order valence-corrected chi connectivity index (χ4v) is 1.25. The maximum atomic E-state index is 13.3. The van der Waals surface area contributed by atoms with Crippen LogP contribution >= 0.6 is 0 Å². The van der Waals surface area contributed by atoms with Gasteiger partial charge in [-0.25, -0.2) is 9.18 Å². The number of ether oxygens (including phenoxy) is 1. The molecule has 1 atom stereocenters. The lowest BCUT2D eigenvalue weighted by molar-refractivity contribution is -0.147. The second-order valence-electron chi connectivity index (χ2n) is 3.50. The number of halogens is 1. The first-order valence-corrected chi connectivity index (χ1v) is 5.15. The zero-order valence-corrected chi connectivity index (χ0v) is 9.92. The van der Waals surface area contributed by atoms with E-state index in [1.54, 1.807) is 0 Å². The molecule has 0 unspecified atom stereocenters. The minimum absolute atomic E-state index is 0.355. The van der Waals surface area contributed by atoms with Gasteiger partial charge in [-0.05, 0) is 6.07 Å². The minimum atomic E-state index is -1.49. The molecule has 0 fully saturated rings. The van der Waals surface area contributed by atoms with Crippen molar-refractivity contribution < 1.29 is 28.6 Å². The van der Waals surface area contributed by atoms with E-state index < -0.39 is 36.1 Å². The molecule has 0 saturated heterocycles. The van der Waals surface area contributed by atoms with Gasteiger partial charge in [0.1, 0.15) is 6.04 Å². The van der Waals surface area contributed by atoms with Crippen LogP contribution in [0.5, 0.6) is 0 Å². The zero-order chi connectivity index (χ0) is 14.4. The van der Waals surface area contributed by atoms with Crippen LogP contribution in [-0.2, 0) is 14.3 Å². The van der Waals surface area contributed by atoms with Crippen LogP contribution in [0, 0.1) is 5.82 Å². The lowest BCUT2D eigenvalue weighted by Crippen LogP contribution is -2.42. The van der Waals surface area contributed by atoms with Crippen LogP contribution < -0.4 is 5.32 Å². The summed E-state index contributed by atoms with van der Waals surface area (Å²) in [6.07, 6.45) is 1.46. The Balaban J connectivity index is 2.80. The molecule has 19 heavy (non-hydrogen) atoms. The first-order valence-electron chi connectivity index (χ1n) is 5.15. The molecule has 7 nitrogen and oxygen atoms in total. The van der Waals surface area contributed by atoms with Gasteiger partial charge in [0.05, 0.1) is 25.3 Å². The molecule has 0 aliphatic carbocycles. The van der Waals surface area contributed by atoms with Crippen molar-refractivity contribution >= 4 is 17.8 Å². The van der Waals surface area contributed by atoms with Crippen LogP contribution in [0.25, 0.3) is 0 Å². The Labute approximate surface area is 107 Å². The van der Waals surface area contributed by atoms with E-state index in [0.717, 1.165) is 19.4 Å². The number of carboxylic acid groups (broad SMARTS) is 1. The maximum Gasteiger partial charge on any atom is 0.326 e. The normalized spacial score (nSPS) is 11.5. The van der Waals surface area contributed by atoms with E-state index in [4.69, 9.17) is 5.11 Å². The molecule has 102 valence electrons. The predicted octanol–water partition coefficient (Wildman–Crippen LogP) is -0.0332. The summed E-state index contributed by atoms with van der Waals surface area (Å²) in [6, 6.07) is -0.394. The molecule has 0 saturated carbocycles. The number of amides is 1. The van der Waals surface area contributed by atoms with Gasteiger partial charge in [0, 0.05) is 6.20 Å². The molecule has 0 radical (unpaired) electrons. The van der Waals surface area contributed by atoms with E-state index in [2.05, 4.69) is 9.72 Å². The molecule has 1 amide bonds. The van der Waals surface area contributed by atoms with Crippen molar-refractivity contribution in [2.45, 2.75) is 12.5 Å². The summed E-state index contributed by atoms with van der Waals surface area (Å²) in [5.41, 5.74) is -0.355. The van der Waals surface area contributed by atoms with E-state index in [1.807, 2.05) is 5.32 Å². The van der Waals surface area contributed by atoms with Crippen LogP contribution in [-0.4, -0.2) is 41.1 Å². The molecule has 0 aromatic carbocycles. The molecule has 1 aromatic heterocycles. The van der Waals surface area contributed by atoms with Gasteiger partial charge in [-0.3, -0.25) is 14.6 Å². The Morgan fingerprint density at radius 3 is 2.74 bits per heavy atom. The molecule has 1 aromatic rings. The number of hydrogen-bond donors (Lipinski definition) is 2. The van der Waals surface area contributed by atoms with Gasteiger partial charge in [-0.1, -0.05) is 0 Å². The quantitative estimate of drug-likeness (QED) is 0.728. The van der Waals surface area contributed by atoms with Gasteiger partial charge < -0.3 is 15.2 Å². The Hall–Kier alpha value is -2.51. The van der Waals surface area contributed by atoms with E-state index in [1.165, 1.54) is 6.20 Å². The maximum absolute atomic E-state index is 13.3. The smallest absolute Gasteiger partial charge is 0.326 e. The average Bonchev–Trinajstić information content (AvgIpc) is 2.37. The second-order valence-corrected chi connectivity index (χ2v) is 3.50. The summed E-state index contributed by atoms with van der Waals surface area (Å²) in [5, 5.41) is 10.9. The molecule has 1 heterocycles. The summed E-state index contributed by atoms with van der Waals surface area (Å²) in [7, 11) is 1.09. The van der Waals surface area contributed by atoms with Gasteiger partial charge in [0.25, 0.3) is 5.91 Å². The van der Waals surface area contributed by atoms with Crippen molar-refractivity contribution in [1.29, 1.82) is 0 Å². The van der Waals surface area contributed by atoms with E-state index in [0.29, 0.717) is 0 Å². The number of nitrogens with one attached hydrogen (secondary N) is 1. The Kier molecular flexibility index (Phi) is 4.92. The molecule has 8 heteroatoms. The molecule has 2 N–H and O–H groups in total. The number of aliphatic carboxylic acids is 1. The number of hydrogen-bond acceptors (Lipinski definition) is 5. The number of methoxy groups -OCH3 is 1. The van der Waals surface area contributed by atoms with Crippen molar-refractivity contribution in [2.75, 3.05) is 7.11 Å². The van der Waals surface area contributed by atoms with E-state index in [-0.39, 0.29) is 5.56 Å². The van der Waals surface area contributed by atoms with Gasteiger partial charge in [0.2, 0.25) is 0 Å². The topological polar surface area (TPSA) is 106 Å². The first-order chi connectivity index (χ1) is 8.95. The van der Waals surface area contributed by atoms with Crippen LogP contribution in [0.15, 0.2) is 18.5 Å². The monoisotopic (exact) mass is 270 g/mol. The van der Waals surface area contributed by atoms with Gasteiger partial charge >= 0.3 is 11.9 Å². The summed E-state index contributed by atoms with van der Waals surface area (Å²) < 4.78 is 17.6. The number of aromatic nitrogens is 1. The minimum Gasteiger partial charge on any atom is -0.480 e. The Bertz CT molecular complexity index is 506. The van der Waals surface area contributed by atoms with Gasteiger partial charge in [-0.15, -0.1) is 0 Å². The van der Waals surface area contributed by atoms with Crippen LogP contribution in [0.3, 0.4) is 0 Å². The predicted molar refractivity (Wildman–Crippen MR) is 59.7 cm³/mol. The molecule has 1 rings (SSSR count). The summed E-state index contributed by atoms with van der Waals surface area (Å²) >= 11 is 0. The average molecular weight is 270 g/mol. The van der Waals surface area contributed by atoms with Crippen molar-refractivity contribution in [1.82, 2.24) is 10.3 Å². The van der Waals surface area contributed by atoms with Crippen molar-refractivity contribution in [3.05, 3.63) is 29.8 Å². The summed E-state index contributed by atoms with van der Waals surface area (Å²) in [4.78, 5) is 37.0. The number of carbonyl (C=O) groups excluding carboxylic acids is 2. The van der Waals surface area contributed by atoms with Crippen LogP contribution in [0.1, 0.15) is 16.8 Å². The lowest BCUT2D eigenvalue weighted by Gasteiger charge is -2.13. The number of pyridine rings is 1. The fourth-order valence-electron chi connectivity index (χ4n) is 1.25. The standard InChI is InChI=1S/C11H11FN2O5/c1-19-9(15)4-8(11(17)18)14-10(16)6-2-3-13-5-7(6)12/h2-3,5,8H,4H2,1H3,(H,14,16)(H,17,18)/t8-/m0/s1. The summed E-state index contributed by atoms with van der Waals surface area (Å²) in [6.45, 7) is 0. The molecule has 0 aliphatic rings. The van der Waals surface area contributed by atoms with Gasteiger partial charge in [0.15, 0.2) is 5.82 Å². The third-order valence-electron chi connectivity index (χ3n) is 2.22.